The van der Waals surface area contributed by atoms with Gasteiger partial charge in [0.1, 0.15) is 0 Å². The Morgan fingerprint density at radius 3 is 2.56 bits per heavy atom. The molecule has 1 aliphatic rings. The highest BCUT2D eigenvalue weighted by molar-refractivity contribution is 7.16. The van der Waals surface area contributed by atoms with Gasteiger partial charge in [-0.2, -0.15) is 0 Å². The number of thiazole rings is 1. The van der Waals surface area contributed by atoms with Gasteiger partial charge in [0.25, 0.3) is 5.91 Å². The molecule has 0 aliphatic carbocycles. The Morgan fingerprint density at radius 2 is 1.88 bits per heavy atom. The maximum Gasteiger partial charge on any atom is 0.413 e. The van der Waals surface area contributed by atoms with Crippen LogP contribution in [0.15, 0.2) is 48.8 Å². The number of hydrogen-bond acceptors (Lipinski definition) is 9. The second-order valence-electron chi connectivity index (χ2n) is 11.2. The molecule has 1 saturated heterocycles. The number of likely N-dealkylation sites (tertiary alicyclic amines) is 1. The van der Waals surface area contributed by atoms with Crippen molar-refractivity contribution >= 4 is 45.5 Å². The van der Waals surface area contributed by atoms with Crippen molar-refractivity contribution in [3.05, 3.63) is 75.9 Å². The lowest BCUT2D eigenvalue weighted by Crippen LogP contribution is -2.26. The monoisotopic (exact) mass is 577 g/mol. The summed E-state index contributed by atoms with van der Waals surface area (Å²) in [5.74, 6) is 6.20. The largest absolute Gasteiger partial charge is 0.453 e. The normalized spacial score (nSPS) is 14.1. The van der Waals surface area contributed by atoms with Crippen molar-refractivity contribution in [2.45, 2.75) is 52.5 Å². The van der Waals surface area contributed by atoms with E-state index in [1.807, 2.05) is 37.3 Å². The second-order valence-corrected chi connectivity index (χ2v) is 12.3. The Labute approximate surface area is 245 Å². The maximum absolute atomic E-state index is 13.5. The summed E-state index contributed by atoms with van der Waals surface area (Å²) in [4.78, 5) is 32.1. The summed E-state index contributed by atoms with van der Waals surface area (Å²) >= 11 is 1.19. The van der Waals surface area contributed by atoms with Crippen LogP contribution in [0.25, 0.3) is 5.70 Å². The molecule has 2 amide bonds. The molecule has 0 radical (unpaired) electrons. The highest BCUT2D eigenvalue weighted by Crippen LogP contribution is 2.29. The van der Waals surface area contributed by atoms with Crippen molar-refractivity contribution in [2.75, 3.05) is 35.8 Å². The van der Waals surface area contributed by atoms with Gasteiger partial charge in [-0.3, -0.25) is 20.0 Å². The van der Waals surface area contributed by atoms with Gasteiger partial charge >= 0.3 is 6.09 Å². The number of anilines is 3. The third-order valence-electron chi connectivity index (χ3n) is 6.93. The number of hydrogen-bond donors (Lipinski definition) is 4. The van der Waals surface area contributed by atoms with Crippen LogP contribution in [-0.4, -0.2) is 42.1 Å². The number of rotatable bonds is 8. The van der Waals surface area contributed by atoms with Crippen molar-refractivity contribution in [1.82, 2.24) is 9.88 Å². The van der Waals surface area contributed by atoms with Crippen LogP contribution in [0.1, 0.15) is 65.5 Å². The summed E-state index contributed by atoms with van der Waals surface area (Å²) in [6.07, 6.45) is 4.94. The van der Waals surface area contributed by atoms with Gasteiger partial charge in [0.15, 0.2) is 5.13 Å². The third-order valence-corrected chi connectivity index (χ3v) is 7.90. The molecular formula is C30H39N7O3S. The van der Waals surface area contributed by atoms with Crippen molar-refractivity contribution in [3.8, 4) is 0 Å². The molecule has 4 rings (SSSR count). The summed E-state index contributed by atoms with van der Waals surface area (Å²) in [7, 11) is 1.28. The minimum atomic E-state index is -0.615. The first-order chi connectivity index (χ1) is 19.4. The Bertz CT molecular complexity index is 1440. The van der Waals surface area contributed by atoms with Crippen LogP contribution in [-0.2, 0) is 16.7 Å². The molecule has 6 N–H and O–H groups in total. The number of nitrogens with zero attached hydrogens (tertiary/aromatic N) is 3. The van der Waals surface area contributed by atoms with E-state index in [0.29, 0.717) is 32.6 Å². The molecule has 3 aromatic rings. The number of aromatic nitrogens is 1. The molecule has 2 heterocycles. The van der Waals surface area contributed by atoms with E-state index >= 15 is 0 Å². The van der Waals surface area contributed by atoms with Gasteiger partial charge in [-0.25, -0.2) is 15.6 Å². The number of hydrazine groups is 1. The van der Waals surface area contributed by atoms with E-state index in [1.54, 1.807) is 12.4 Å². The summed E-state index contributed by atoms with van der Waals surface area (Å²) in [6.45, 7) is 11.4. The van der Waals surface area contributed by atoms with Gasteiger partial charge in [-0.1, -0.05) is 44.2 Å². The molecule has 0 spiro atoms. The van der Waals surface area contributed by atoms with Crippen LogP contribution in [0.4, 0.5) is 21.3 Å². The molecule has 0 saturated carbocycles. The lowest BCUT2D eigenvalue weighted by Gasteiger charge is -2.23. The SMILES string of the molecule is COC(=O)Nc1ncc(/C(N)=C/N(N)c2cc(NC(=O)c3cc(CN4CCCC4)cc(C(C)(C)C)c3)ccc2C)s1. The highest BCUT2D eigenvalue weighted by Gasteiger charge is 2.20. The Morgan fingerprint density at radius 1 is 1.15 bits per heavy atom. The molecule has 11 heteroatoms. The predicted octanol–water partition coefficient (Wildman–Crippen LogP) is 5.41. The van der Waals surface area contributed by atoms with Gasteiger partial charge in [0.05, 0.1) is 23.4 Å². The summed E-state index contributed by atoms with van der Waals surface area (Å²) in [6, 6.07) is 11.8. The van der Waals surface area contributed by atoms with Gasteiger partial charge < -0.3 is 15.8 Å². The quantitative estimate of drug-likeness (QED) is 0.206. The molecule has 0 atom stereocenters. The smallest absolute Gasteiger partial charge is 0.413 e. The van der Waals surface area contributed by atoms with Crippen LogP contribution in [0.3, 0.4) is 0 Å². The molecule has 0 bridgehead atoms. The molecule has 218 valence electrons. The van der Waals surface area contributed by atoms with Crippen LogP contribution in [0, 0.1) is 6.92 Å². The first-order valence-corrected chi connectivity index (χ1v) is 14.4. The van der Waals surface area contributed by atoms with Gasteiger partial charge in [-0.05, 0) is 79.2 Å². The van der Waals surface area contributed by atoms with E-state index in [4.69, 9.17) is 11.6 Å². The molecule has 10 nitrogen and oxygen atoms in total. The summed E-state index contributed by atoms with van der Waals surface area (Å²) in [5, 5.41) is 7.31. The van der Waals surface area contributed by atoms with E-state index in [-0.39, 0.29) is 11.3 Å². The molecule has 41 heavy (non-hydrogen) atoms. The molecular weight excluding hydrogens is 538 g/mol. The summed E-state index contributed by atoms with van der Waals surface area (Å²) < 4.78 is 4.59. The second kappa shape index (κ2) is 12.7. The minimum Gasteiger partial charge on any atom is -0.453 e. The molecule has 1 aliphatic heterocycles. The molecule has 0 unspecified atom stereocenters. The van der Waals surface area contributed by atoms with Gasteiger partial charge in [-0.15, -0.1) is 0 Å². The van der Waals surface area contributed by atoms with Gasteiger partial charge in [0, 0.05) is 30.2 Å². The molecule has 2 aromatic carbocycles. The third kappa shape index (κ3) is 7.84. The highest BCUT2D eigenvalue weighted by atomic mass is 32.1. The zero-order valence-corrected chi connectivity index (χ0v) is 25.1. The zero-order valence-electron chi connectivity index (χ0n) is 24.3. The first kappa shape index (κ1) is 30.0. The number of ether oxygens (including phenoxy) is 1. The van der Waals surface area contributed by atoms with Crippen molar-refractivity contribution in [2.24, 2.45) is 11.6 Å². The number of aryl methyl sites for hydroxylation is 1. The number of methoxy groups -OCH3 is 1. The van der Waals surface area contributed by atoms with Crippen LogP contribution >= 0.6 is 11.3 Å². The number of amides is 2. The van der Waals surface area contributed by atoms with Crippen LogP contribution in [0.5, 0.6) is 0 Å². The fourth-order valence-corrected chi connectivity index (χ4v) is 5.33. The van der Waals surface area contributed by atoms with E-state index < -0.39 is 6.09 Å². The zero-order chi connectivity index (χ0) is 29.7. The topological polar surface area (TPSA) is 139 Å². The van der Waals surface area contributed by atoms with Gasteiger partial charge in [0.2, 0.25) is 0 Å². The molecule has 1 aromatic heterocycles. The lowest BCUT2D eigenvalue weighted by molar-refractivity contribution is 0.102. The van der Waals surface area contributed by atoms with Crippen molar-refractivity contribution < 1.29 is 14.3 Å². The van der Waals surface area contributed by atoms with E-state index in [2.05, 4.69) is 52.1 Å². The van der Waals surface area contributed by atoms with E-state index in [0.717, 1.165) is 36.3 Å². The first-order valence-electron chi connectivity index (χ1n) is 13.5. The van der Waals surface area contributed by atoms with Crippen LogP contribution in [0.2, 0.25) is 0 Å². The van der Waals surface area contributed by atoms with Crippen LogP contribution < -0.4 is 27.2 Å². The predicted molar refractivity (Wildman–Crippen MR) is 166 cm³/mol. The summed E-state index contributed by atoms with van der Waals surface area (Å²) in [5.41, 5.74) is 11.6. The van der Waals surface area contributed by atoms with Crippen molar-refractivity contribution in [3.63, 3.8) is 0 Å². The standard InChI is InChI=1S/C30H39N7O3S/c1-19-8-9-23(15-25(19)37(32)18-24(31)26-16-33-28(41-26)35-29(39)40-5)34-27(38)21-12-20(17-36-10-6-7-11-36)13-22(14-21)30(2,3)4/h8-9,12-16,18H,6-7,10-11,17,31-32H2,1-5H3,(H,34,38)(H,33,35,39)/b24-18-. The van der Waals surface area contributed by atoms with Crippen molar-refractivity contribution in [1.29, 1.82) is 0 Å². The minimum absolute atomic E-state index is 0.0897. The average Bonchev–Trinajstić information content (AvgIpc) is 3.61. The Balaban J connectivity index is 1.53. The Hall–Kier alpha value is -3.93. The molecule has 1 fully saturated rings. The van der Waals surface area contributed by atoms with E-state index in [9.17, 15) is 9.59 Å². The average molecular weight is 578 g/mol. The number of nitrogens with two attached hydrogens (primary N) is 2. The maximum atomic E-state index is 13.5. The fourth-order valence-electron chi connectivity index (χ4n) is 4.60. The number of carbonyl (C=O) groups is 2. The number of carbonyl (C=O) groups excluding carboxylic acids is 2. The number of nitrogens with one attached hydrogen (secondary N) is 2. The Kier molecular flexibility index (Phi) is 9.31. The fraction of sp³-hybridized carbons (Fsp3) is 0.367. The lowest BCUT2D eigenvalue weighted by atomic mass is 9.85. The van der Waals surface area contributed by atoms with E-state index in [1.165, 1.54) is 36.3 Å². The number of benzene rings is 2.